The van der Waals surface area contributed by atoms with Crippen molar-refractivity contribution < 1.29 is 30.8 Å². The van der Waals surface area contributed by atoms with Gasteiger partial charge in [0.1, 0.15) is 0 Å². The van der Waals surface area contributed by atoms with E-state index in [0.717, 1.165) is 4.31 Å². The van der Waals surface area contributed by atoms with Gasteiger partial charge in [0.05, 0.1) is 28.0 Å². The molecule has 3 heterocycles. The number of carbonyl (C=O) groups excluding carboxylic acids is 2. The molecule has 2 aliphatic heterocycles. The average molecular weight is 496 g/mol. The molecule has 0 saturated carbocycles. The monoisotopic (exact) mass is 495 g/mol. The number of sulfonamides is 2. The minimum Gasteiger partial charge on any atom is -0.459 e. The molecule has 0 N–H and O–H groups in total. The molecule has 0 unspecified atom stereocenters. The Morgan fingerprint density at radius 2 is 1.76 bits per heavy atom. The quantitative estimate of drug-likeness (QED) is 0.628. The van der Waals surface area contributed by atoms with E-state index in [1.165, 1.54) is 33.7 Å². The summed E-state index contributed by atoms with van der Waals surface area (Å²) in [5.74, 6) is -0.946. The van der Waals surface area contributed by atoms with Crippen molar-refractivity contribution in [2.45, 2.75) is 25.7 Å². The van der Waals surface area contributed by atoms with Crippen LogP contribution in [0.15, 0.2) is 45.9 Å². The topological polar surface area (TPSA) is 125 Å². The van der Waals surface area contributed by atoms with Crippen LogP contribution in [0.25, 0.3) is 0 Å². The van der Waals surface area contributed by atoms with Gasteiger partial charge in [-0.05, 0) is 56.7 Å². The molecule has 0 bridgehead atoms. The predicted molar refractivity (Wildman–Crippen MR) is 120 cm³/mol. The van der Waals surface area contributed by atoms with E-state index in [4.69, 9.17) is 4.42 Å². The second-order valence-electron chi connectivity index (χ2n) is 8.83. The summed E-state index contributed by atoms with van der Waals surface area (Å²) in [6.45, 7) is 5.35. The van der Waals surface area contributed by atoms with E-state index in [0.29, 0.717) is 5.56 Å². The maximum atomic E-state index is 13.2. The second kappa shape index (κ2) is 7.96. The lowest BCUT2D eigenvalue weighted by molar-refractivity contribution is -0.123. The van der Waals surface area contributed by atoms with Crippen LogP contribution in [0.4, 0.5) is 5.69 Å². The summed E-state index contributed by atoms with van der Waals surface area (Å²) in [6.07, 6.45) is 1.41. The van der Waals surface area contributed by atoms with E-state index in [1.54, 1.807) is 32.9 Å². The van der Waals surface area contributed by atoms with Gasteiger partial charge in [0.25, 0.3) is 5.91 Å². The number of piperazine rings is 1. The Balaban J connectivity index is 1.54. The normalized spacial score (nSPS) is 20.9. The number of hydrogen-bond donors (Lipinski definition) is 0. The lowest BCUT2D eigenvalue weighted by Crippen LogP contribution is -2.50. The van der Waals surface area contributed by atoms with Crippen molar-refractivity contribution in [2.75, 3.05) is 36.2 Å². The third kappa shape index (κ3) is 4.06. The zero-order valence-corrected chi connectivity index (χ0v) is 20.1. The third-order valence-corrected chi connectivity index (χ3v) is 9.93. The number of benzene rings is 1. The Hall–Kier alpha value is -2.70. The summed E-state index contributed by atoms with van der Waals surface area (Å²) < 4.78 is 58.7. The fraction of sp³-hybridized carbons (Fsp3) is 0.429. The molecule has 10 nitrogen and oxygen atoms in total. The van der Waals surface area contributed by atoms with Crippen molar-refractivity contribution in [1.82, 2.24) is 9.21 Å². The van der Waals surface area contributed by atoms with Crippen LogP contribution in [0.5, 0.6) is 0 Å². The largest absolute Gasteiger partial charge is 0.459 e. The second-order valence-corrected chi connectivity index (χ2v) is 12.6. The molecule has 0 atom stereocenters. The molecule has 2 fully saturated rings. The summed E-state index contributed by atoms with van der Waals surface area (Å²) in [5.41, 5.74) is -0.602. The standard InChI is InChI=1S/C21H25N3O7S2/c1-15-13-16(24-20(26)21(2,3)14-32(24,27)28)6-7-18(15)33(29,30)23-10-8-22(9-11-23)19(25)17-5-4-12-31-17/h4-7,12-13H,8-11,14H2,1-3H3. The number of anilines is 1. The molecule has 178 valence electrons. The smallest absolute Gasteiger partial charge is 0.289 e. The maximum Gasteiger partial charge on any atom is 0.289 e. The number of hydrogen-bond acceptors (Lipinski definition) is 7. The van der Waals surface area contributed by atoms with Crippen LogP contribution in [-0.2, 0) is 24.8 Å². The van der Waals surface area contributed by atoms with Gasteiger partial charge in [-0.15, -0.1) is 0 Å². The highest BCUT2D eigenvalue weighted by Gasteiger charge is 2.50. The number of aryl methyl sites for hydroxylation is 1. The van der Waals surface area contributed by atoms with Gasteiger partial charge in [-0.25, -0.2) is 21.1 Å². The molecule has 0 radical (unpaired) electrons. The highest BCUT2D eigenvalue weighted by atomic mass is 32.2. The van der Waals surface area contributed by atoms with Crippen LogP contribution >= 0.6 is 0 Å². The van der Waals surface area contributed by atoms with Crippen molar-refractivity contribution in [1.29, 1.82) is 0 Å². The van der Waals surface area contributed by atoms with Gasteiger partial charge in [0.15, 0.2) is 5.76 Å². The number of nitrogens with zero attached hydrogens (tertiary/aromatic N) is 3. The van der Waals surface area contributed by atoms with Crippen molar-refractivity contribution >= 4 is 37.5 Å². The first-order chi connectivity index (χ1) is 15.3. The highest BCUT2D eigenvalue weighted by Crippen LogP contribution is 2.37. The molecule has 0 spiro atoms. The first-order valence-electron chi connectivity index (χ1n) is 10.4. The molecule has 1 aromatic carbocycles. The van der Waals surface area contributed by atoms with Crippen molar-refractivity contribution in [3.8, 4) is 0 Å². The number of amides is 2. The minimum atomic E-state index is -3.88. The van der Waals surface area contributed by atoms with Gasteiger partial charge < -0.3 is 9.32 Å². The van der Waals surface area contributed by atoms with E-state index >= 15 is 0 Å². The van der Waals surface area contributed by atoms with E-state index in [-0.39, 0.29) is 54.2 Å². The number of furan rings is 1. The summed E-state index contributed by atoms with van der Waals surface area (Å²) in [4.78, 5) is 26.6. The van der Waals surface area contributed by atoms with Crippen LogP contribution in [-0.4, -0.2) is 69.8 Å². The Morgan fingerprint density at radius 3 is 2.27 bits per heavy atom. The first kappa shape index (κ1) is 23.5. The van der Waals surface area contributed by atoms with Gasteiger partial charge in [-0.2, -0.15) is 4.31 Å². The van der Waals surface area contributed by atoms with Crippen molar-refractivity contribution in [3.63, 3.8) is 0 Å². The SMILES string of the molecule is Cc1cc(N2C(=O)C(C)(C)CS2(=O)=O)ccc1S(=O)(=O)N1CCN(C(=O)c2ccco2)CC1. The van der Waals surface area contributed by atoms with Crippen LogP contribution < -0.4 is 4.31 Å². The molecule has 2 aromatic rings. The van der Waals surface area contributed by atoms with E-state index in [9.17, 15) is 26.4 Å². The average Bonchev–Trinajstić information content (AvgIpc) is 3.32. The first-order valence-corrected chi connectivity index (χ1v) is 13.4. The molecule has 1 aromatic heterocycles. The third-order valence-electron chi connectivity index (χ3n) is 5.85. The number of rotatable bonds is 4. The van der Waals surface area contributed by atoms with Gasteiger partial charge >= 0.3 is 0 Å². The highest BCUT2D eigenvalue weighted by molar-refractivity contribution is 7.94. The predicted octanol–water partition coefficient (Wildman–Crippen LogP) is 1.44. The van der Waals surface area contributed by atoms with Crippen LogP contribution in [0.1, 0.15) is 30.0 Å². The molecule has 2 aliphatic rings. The lowest BCUT2D eigenvalue weighted by atomic mass is 9.95. The minimum absolute atomic E-state index is 0.0281. The Labute approximate surface area is 192 Å². The van der Waals surface area contributed by atoms with Crippen LogP contribution in [0.3, 0.4) is 0 Å². The Bertz CT molecular complexity index is 1310. The molecular formula is C21H25N3O7S2. The molecule has 4 rings (SSSR count). The van der Waals surface area contributed by atoms with Crippen molar-refractivity contribution in [3.05, 3.63) is 47.9 Å². The Kier molecular flexibility index (Phi) is 5.66. The molecule has 0 aliphatic carbocycles. The lowest BCUT2D eigenvalue weighted by Gasteiger charge is -2.33. The van der Waals surface area contributed by atoms with Crippen LogP contribution in [0, 0.1) is 12.3 Å². The summed E-state index contributed by atoms with van der Waals surface area (Å²) in [7, 11) is -7.72. The maximum absolute atomic E-state index is 13.2. The van der Waals surface area contributed by atoms with E-state index in [1.807, 2.05) is 0 Å². The number of carbonyl (C=O) groups is 2. The zero-order valence-electron chi connectivity index (χ0n) is 18.5. The van der Waals surface area contributed by atoms with Gasteiger partial charge in [0, 0.05) is 26.2 Å². The summed E-state index contributed by atoms with van der Waals surface area (Å²) in [5, 5.41) is 0. The van der Waals surface area contributed by atoms with Gasteiger partial charge in [-0.1, -0.05) is 0 Å². The Morgan fingerprint density at radius 1 is 1.09 bits per heavy atom. The molecular weight excluding hydrogens is 470 g/mol. The van der Waals surface area contributed by atoms with Gasteiger partial charge in [-0.3, -0.25) is 9.59 Å². The molecule has 2 amide bonds. The van der Waals surface area contributed by atoms with Crippen LogP contribution in [0.2, 0.25) is 0 Å². The zero-order chi connectivity index (χ0) is 24.2. The molecule has 2 saturated heterocycles. The fourth-order valence-corrected chi connectivity index (χ4v) is 7.86. The van der Waals surface area contributed by atoms with Gasteiger partial charge in [0.2, 0.25) is 26.0 Å². The molecule has 12 heteroatoms. The fourth-order valence-electron chi connectivity index (χ4n) is 4.14. The summed E-state index contributed by atoms with van der Waals surface area (Å²) >= 11 is 0. The van der Waals surface area contributed by atoms with E-state index in [2.05, 4.69) is 0 Å². The summed E-state index contributed by atoms with van der Waals surface area (Å²) in [6, 6.07) is 7.24. The van der Waals surface area contributed by atoms with Crippen molar-refractivity contribution in [2.24, 2.45) is 5.41 Å². The molecule has 33 heavy (non-hydrogen) atoms. The van der Waals surface area contributed by atoms with E-state index < -0.39 is 31.4 Å².